The van der Waals surface area contributed by atoms with Crippen LogP contribution in [0.2, 0.25) is 5.02 Å². The number of benzene rings is 1. The van der Waals surface area contributed by atoms with Crippen molar-refractivity contribution in [2.45, 2.75) is 13.0 Å². The van der Waals surface area contributed by atoms with E-state index in [-0.39, 0.29) is 0 Å². The van der Waals surface area contributed by atoms with Gasteiger partial charge in [-0.1, -0.05) is 23.7 Å². The van der Waals surface area contributed by atoms with Gasteiger partial charge in [0, 0.05) is 44.3 Å². The third-order valence-electron chi connectivity index (χ3n) is 4.01. The van der Waals surface area contributed by atoms with E-state index in [4.69, 9.17) is 23.8 Å². The molecule has 4 nitrogen and oxygen atoms in total. The number of piperazine rings is 1. The van der Waals surface area contributed by atoms with Crippen molar-refractivity contribution in [1.29, 1.82) is 0 Å². The SMILES string of the molecule is CN(C)CCCNC(=S)N1CCN(Cc2cccc(Cl)c2)CC1. The van der Waals surface area contributed by atoms with Gasteiger partial charge in [-0.3, -0.25) is 4.90 Å². The molecule has 128 valence electrons. The van der Waals surface area contributed by atoms with Gasteiger partial charge in [0.1, 0.15) is 0 Å². The molecule has 0 spiro atoms. The first-order chi connectivity index (χ1) is 11.0. The average Bonchev–Trinajstić information content (AvgIpc) is 2.52. The molecule has 1 aliphatic rings. The van der Waals surface area contributed by atoms with Gasteiger partial charge < -0.3 is 15.1 Å². The highest BCUT2D eigenvalue weighted by Crippen LogP contribution is 2.14. The lowest BCUT2D eigenvalue weighted by atomic mass is 10.2. The lowest BCUT2D eigenvalue weighted by Gasteiger charge is -2.36. The van der Waals surface area contributed by atoms with Crippen LogP contribution in [0.4, 0.5) is 0 Å². The topological polar surface area (TPSA) is 21.8 Å². The Hall–Kier alpha value is -0.880. The summed E-state index contributed by atoms with van der Waals surface area (Å²) in [6, 6.07) is 8.12. The van der Waals surface area contributed by atoms with Crippen LogP contribution in [-0.2, 0) is 6.54 Å². The Morgan fingerprint density at radius 1 is 1.26 bits per heavy atom. The zero-order valence-electron chi connectivity index (χ0n) is 14.1. The largest absolute Gasteiger partial charge is 0.363 e. The van der Waals surface area contributed by atoms with Gasteiger partial charge >= 0.3 is 0 Å². The highest BCUT2D eigenvalue weighted by molar-refractivity contribution is 7.80. The predicted octanol–water partition coefficient (Wildman–Crippen LogP) is 2.28. The second-order valence-electron chi connectivity index (χ2n) is 6.28. The van der Waals surface area contributed by atoms with Crippen LogP contribution in [0, 0.1) is 0 Å². The maximum atomic E-state index is 6.05. The van der Waals surface area contributed by atoms with Crippen LogP contribution in [0.5, 0.6) is 0 Å². The molecule has 1 heterocycles. The molecule has 1 saturated heterocycles. The summed E-state index contributed by atoms with van der Waals surface area (Å²) in [5.74, 6) is 0. The standard InChI is InChI=1S/C17H27ClN4S/c1-20(2)8-4-7-19-17(23)22-11-9-21(10-12-22)14-15-5-3-6-16(18)13-15/h3,5-6,13H,4,7-12,14H2,1-2H3,(H,19,23). The number of nitrogens with zero attached hydrogens (tertiary/aromatic N) is 3. The minimum Gasteiger partial charge on any atom is -0.363 e. The van der Waals surface area contributed by atoms with Gasteiger partial charge in [-0.15, -0.1) is 0 Å². The monoisotopic (exact) mass is 354 g/mol. The molecule has 0 aliphatic carbocycles. The van der Waals surface area contributed by atoms with Crippen molar-refractivity contribution in [3.63, 3.8) is 0 Å². The van der Waals surface area contributed by atoms with E-state index >= 15 is 0 Å². The molecule has 0 amide bonds. The van der Waals surface area contributed by atoms with Gasteiger partial charge in [-0.25, -0.2) is 0 Å². The quantitative estimate of drug-likeness (QED) is 0.623. The second kappa shape index (κ2) is 9.42. The first-order valence-electron chi connectivity index (χ1n) is 8.19. The van der Waals surface area contributed by atoms with Gasteiger partial charge in [0.2, 0.25) is 0 Å². The number of hydrogen-bond donors (Lipinski definition) is 1. The second-order valence-corrected chi connectivity index (χ2v) is 7.11. The highest BCUT2D eigenvalue weighted by atomic mass is 35.5. The molecule has 2 rings (SSSR count). The Labute approximate surface area is 150 Å². The van der Waals surface area contributed by atoms with E-state index in [1.165, 1.54) is 5.56 Å². The highest BCUT2D eigenvalue weighted by Gasteiger charge is 2.18. The first-order valence-corrected chi connectivity index (χ1v) is 8.97. The van der Waals surface area contributed by atoms with E-state index in [1.807, 2.05) is 18.2 Å². The number of rotatable bonds is 6. The van der Waals surface area contributed by atoms with Gasteiger partial charge in [0.05, 0.1) is 0 Å². The zero-order chi connectivity index (χ0) is 16.7. The molecule has 23 heavy (non-hydrogen) atoms. The third-order valence-corrected chi connectivity index (χ3v) is 4.65. The van der Waals surface area contributed by atoms with Crippen molar-refractivity contribution >= 4 is 28.9 Å². The zero-order valence-corrected chi connectivity index (χ0v) is 15.7. The first kappa shape index (κ1) is 18.5. The molecule has 1 aliphatic heterocycles. The normalized spacial score (nSPS) is 15.9. The smallest absolute Gasteiger partial charge is 0.169 e. The molecular weight excluding hydrogens is 328 g/mol. The summed E-state index contributed by atoms with van der Waals surface area (Å²) in [4.78, 5) is 6.93. The summed E-state index contributed by atoms with van der Waals surface area (Å²) >= 11 is 11.6. The Morgan fingerprint density at radius 2 is 2.00 bits per heavy atom. The molecule has 0 atom stereocenters. The van der Waals surface area contributed by atoms with Gasteiger partial charge in [-0.05, 0) is 57.0 Å². The Morgan fingerprint density at radius 3 is 2.65 bits per heavy atom. The van der Waals surface area contributed by atoms with Crippen molar-refractivity contribution in [2.75, 3.05) is 53.4 Å². The van der Waals surface area contributed by atoms with Gasteiger partial charge in [0.25, 0.3) is 0 Å². The van der Waals surface area contributed by atoms with Crippen molar-refractivity contribution in [3.05, 3.63) is 34.9 Å². The summed E-state index contributed by atoms with van der Waals surface area (Å²) in [6.45, 7) is 7.03. The predicted molar refractivity (Wildman–Crippen MR) is 102 cm³/mol. The summed E-state index contributed by atoms with van der Waals surface area (Å²) in [7, 11) is 4.19. The molecule has 1 aromatic carbocycles. The fourth-order valence-electron chi connectivity index (χ4n) is 2.71. The number of thiocarbonyl (C=S) groups is 1. The molecule has 0 aromatic heterocycles. The number of hydrogen-bond acceptors (Lipinski definition) is 3. The summed E-state index contributed by atoms with van der Waals surface area (Å²) in [5, 5.41) is 5.08. The molecule has 0 unspecified atom stereocenters. The number of nitrogens with one attached hydrogen (secondary N) is 1. The number of halogens is 1. The lowest BCUT2D eigenvalue weighted by Crippen LogP contribution is -2.51. The molecule has 0 bridgehead atoms. The van der Waals surface area contributed by atoms with Crippen LogP contribution in [-0.4, -0.2) is 73.2 Å². The Kier molecular flexibility index (Phi) is 7.56. The Bertz CT molecular complexity index is 501. The molecule has 1 aromatic rings. The molecule has 0 saturated carbocycles. The summed E-state index contributed by atoms with van der Waals surface area (Å²) in [5.41, 5.74) is 1.27. The minimum atomic E-state index is 0.809. The van der Waals surface area contributed by atoms with Crippen molar-refractivity contribution in [2.24, 2.45) is 0 Å². The molecule has 6 heteroatoms. The van der Waals surface area contributed by atoms with E-state index in [9.17, 15) is 0 Å². The third kappa shape index (κ3) is 6.63. The minimum absolute atomic E-state index is 0.809. The summed E-state index contributed by atoms with van der Waals surface area (Å²) in [6.07, 6.45) is 1.11. The van der Waals surface area contributed by atoms with Crippen LogP contribution < -0.4 is 5.32 Å². The molecule has 1 N–H and O–H groups in total. The molecular formula is C17H27ClN4S. The molecule has 0 radical (unpaired) electrons. The van der Waals surface area contributed by atoms with E-state index in [2.05, 4.69) is 40.2 Å². The molecule has 1 fully saturated rings. The van der Waals surface area contributed by atoms with Crippen LogP contribution in [0.3, 0.4) is 0 Å². The van der Waals surface area contributed by atoms with E-state index in [0.29, 0.717) is 0 Å². The lowest BCUT2D eigenvalue weighted by molar-refractivity contribution is 0.174. The van der Waals surface area contributed by atoms with Crippen molar-refractivity contribution in [1.82, 2.24) is 20.0 Å². The fraction of sp³-hybridized carbons (Fsp3) is 0.588. The van der Waals surface area contributed by atoms with Crippen LogP contribution in [0.15, 0.2) is 24.3 Å². The van der Waals surface area contributed by atoms with E-state index < -0.39 is 0 Å². The van der Waals surface area contributed by atoms with Crippen molar-refractivity contribution < 1.29 is 0 Å². The van der Waals surface area contributed by atoms with Crippen LogP contribution in [0.1, 0.15) is 12.0 Å². The van der Waals surface area contributed by atoms with E-state index in [0.717, 1.165) is 62.4 Å². The average molecular weight is 355 g/mol. The van der Waals surface area contributed by atoms with Gasteiger partial charge in [0.15, 0.2) is 5.11 Å². The summed E-state index contributed by atoms with van der Waals surface area (Å²) < 4.78 is 0. The maximum absolute atomic E-state index is 6.05. The van der Waals surface area contributed by atoms with E-state index in [1.54, 1.807) is 0 Å². The van der Waals surface area contributed by atoms with Crippen LogP contribution >= 0.6 is 23.8 Å². The van der Waals surface area contributed by atoms with Crippen LogP contribution in [0.25, 0.3) is 0 Å². The Balaban J connectivity index is 1.68. The van der Waals surface area contributed by atoms with Gasteiger partial charge in [-0.2, -0.15) is 0 Å². The fourth-order valence-corrected chi connectivity index (χ4v) is 3.20. The maximum Gasteiger partial charge on any atom is 0.169 e. The van der Waals surface area contributed by atoms with Crippen molar-refractivity contribution in [3.8, 4) is 0 Å².